The molecule has 0 aliphatic heterocycles. The Morgan fingerprint density at radius 3 is 2.70 bits per heavy atom. The number of fused-ring (bicyclic) bond motifs is 1. The molecule has 1 N–H and O–H groups in total. The molecule has 20 heavy (non-hydrogen) atoms. The van der Waals surface area contributed by atoms with Gasteiger partial charge in [-0.15, -0.1) is 0 Å². The van der Waals surface area contributed by atoms with Crippen LogP contribution in [0.15, 0.2) is 59.1 Å². The first-order chi connectivity index (χ1) is 9.72. The Kier molecular flexibility index (Phi) is 3.52. The van der Waals surface area contributed by atoms with Gasteiger partial charge in [-0.2, -0.15) is 0 Å². The number of rotatable bonds is 2. The van der Waals surface area contributed by atoms with E-state index < -0.39 is 0 Å². The summed E-state index contributed by atoms with van der Waals surface area (Å²) in [6.45, 7) is 0. The minimum absolute atomic E-state index is 0.255. The number of pyridine rings is 1. The van der Waals surface area contributed by atoms with Crippen LogP contribution < -0.4 is 0 Å². The van der Waals surface area contributed by atoms with Crippen molar-refractivity contribution in [3.63, 3.8) is 0 Å². The van der Waals surface area contributed by atoms with Crippen molar-refractivity contribution in [2.45, 2.75) is 0 Å². The fourth-order valence-corrected chi connectivity index (χ4v) is 2.39. The molecule has 2 aromatic carbocycles. The van der Waals surface area contributed by atoms with Crippen molar-refractivity contribution >= 4 is 39.0 Å². The highest BCUT2D eigenvalue weighted by Gasteiger charge is 1.99. The molecule has 3 heteroatoms. The van der Waals surface area contributed by atoms with Crippen molar-refractivity contribution in [2.75, 3.05) is 0 Å². The fourth-order valence-electron chi connectivity index (χ4n) is 2.01. The highest BCUT2D eigenvalue weighted by Crippen LogP contribution is 2.24. The van der Waals surface area contributed by atoms with E-state index in [1.54, 1.807) is 12.1 Å². The second-order valence-corrected chi connectivity index (χ2v) is 5.38. The predicted molar refractivity (Wildman–Crippen MR) is 86.5 cm³/mol. The quantitative estimate of drug-likeness (QED) is 0.728. The normalized spacial score (nSPS) is 11.2. The van der Waals surface area contributed by atoms with Gasteiger partial charge in [0, 0.05) is 15.4 Å². The van der Waals surface area contributed by atoms with E-state index in [1.165, 1.54) is 0 Å². The van der Waals surface area contributed by atoms with Gasteiger partial charge in [-0.1, -0.05) is 40.2 Å². The highest BCUT2D eigenvalue weighted by atomic mass is 79.9. The summed E-state index contributed by atoms with van der Waals surface area (Å²) >= 11 is 3.39. The Hall–Kier alpha value is -2.13. The van der Waals surface area contributed by atoms with E-state index in [4.69, 9.17) is 0 Å². The number of aromatic nitrogens is 1. The van der Waals surface area contributed by atoms with E-state index >= 15 is 0 Å². The lowest BCUT2D eigenvalue weighted by Crippen LogP contribution is -1.82. The summed E-state index contributed by atoms with van der Waals surface area (Å²) < 4.78 is 0.932. The number of nitrogens with zero attached hydrogens (tertiary/aromatic N) is 1. The van der Waals surface area contributed by atoms with E-state index in [0.717, 1.165) is 26.6 Å². The maximum atomic E-state index is 9.79. The number of aromatic hydroxyl groups is 1. The van der Waals surface area contributed by atoms with Crippen LogP contribution >= 0.6 is 15.9 Å². The van der Waals surface area contributed by atoms with Crippen LogP contribution in [0.3, 0.4) is 0 Å². The number of phenols is 1. The van der Waals surface area contributed by atoms with Crippen LogP contribution in [-0.4, -0.2) is 10.1 Å². The molecule has 3 rings (SSSR count). The van der Waals surface area contributed by atoms with Gasteiger partial charge in [0.1, 0.15) is 5.75 Å². The number of benzene rings is 2. The number of para-hydroxylation sites is 1. The van der Waals surface area contributed by atoms with Crippen LogP contribution in [0, 0.1) is 0 Å². The summed E-state index contributed by atoms with van der Waals surface area (Å²) in [5, 5.41) is 10.9. The molecule has 0 bridgehead atoms. The molecule has 1 aromatic heterocycles. The Balaban J connectivity index is 1.96. The molecule has 0 aliphatic carbocycles. The van der Waals surface area contributed by atoms with Crippen LogP contribution in [0.4, 0.5) is 0 Å². The van der Waals surface area contributed by atoms with Gasteiger partial charge in [0.25, 0.3) is 0 Å². The van der Waals surface area contributed by atoms with Crippen LogP contribution in [0.5, 0.6) is 5.75 Å². The molecule has 0 aliphatic rings. The third-order valence-corrected chi connectivity index (χ3v) is 3.54. The zero-order valence-electron chi connectivity index (χ0n) is 10.6. The van der Waals surface area contributed by atoms with Gasteiger partial charge in [-0.3, -0.25) is 0 Å². The topological polar surface area (TPSA) is 33.1 Å². The van der Waals surface area contributed by atoms with Gasteiger partial charge in [0.05, 0.1) is 11.2 Å². The van der Waals surface area contributed by atoms with Crippen LogP contribution in [0.25, 0.3) is 23.1 Å². The minimum atomic E-state index is 0.255. The smallest absolute Gasteiger partial charge is 0.122 e. The van der Waals surface area contributed by atoms with Gasteiger partial charge >= 0.3 is 0 Å². The summed E-state index contributed by atoms with van der Waals surface area (Å²) in [6, 6.07) is 17.4. The van der Waals surface area contributed by atoms with E-state index in [-0.39, 0.29) is 5.75 Å². The third-order valence-electron chi connectivity index (χ3n) is 3.04. The largest absolute Gasteiger partial charge is 0.507 e. The van der Waals surface area contributed by atoms with Crippen molar-refractivity contribution < 1.29 is 5.11 Å². The molecule has 1 heterocycles. The van der Waals surface area contributed by atoms with E-state index in [2.05, 4.69) is 20.9 Å². The van der Waals surface area contributed by atoms with E-state index in [0.29, 0.717) is 0 Å². The van der Waals surface area contributed by atoms with Gasteiger partial charge in [-0.05, 0) is 42.5 Å². The lowest BCUT2D eigenvalue weighted by molar-refractivity contribution is 0.474. The molecule has 0 unspecified atom stereocenters. The van der Waals surface area contributed by atoms with Gasteiger partial charge in [-0.25, -0.2) is 4.98 Å². The summed E-state index contributed by atoms with van der Waals surface area (Å²) in [6.07, 6.45) is 3.76. The van der Waals surface area contributed by atoms with Crippen molar-refractivity contribution in [3.8, 4) is 5.75 Å². The summed E-state index contributed by atoms with van der Waals surface area (Å²) in [5.74, 6) is 0.255. The standard InChI is InChI=1S/C17H12BrNO/c18-14-7-10-17(20)13(11-14)6-9-15-8-5-12-3-1-2-4-16(12)19-15/h1-11,20H. The maximum Gasteiger partial charge on any atom is 0.122 e. The molecule has 0 spiro atoms. The van der Waals surface area contributed by atoms with E-state index in [1.807, 2.05) is 54.6 Å². The first-order valence-corrected chi connectivity index (χ1v) is 7.04. The zero-order chi connectivity index (χ0) is 13.9. The molecule has 0 fully saturated rings. The average molecular weight is 326 g/mol. The first kappa shape index (κ1) is 12.9. The van der Waals surface area contributed by atoms with Crippen molar-refractivity contribution in [1.82, 2.24) is 4.98 Å². The van der Waals surface area contributed by atoms with Gasteiger partial charge in [0.2, 0.25) is 0 Å². The number of hydrogen-bond donors (Lipinski definition) is 1. The average Bonchev–Trinajstić information content (AvgIpc) is 2.48. The Morgan fingerprint density at radius 1 is 0.950 bits per heavy atom. The fraction of sp³-hybridized carbons (Fsp3) is 0. The molecule has 2 nitrogen and oxygen atoms in total. The monoisotopic (exact) mass is 325 g/mol. The Labute approximate surface area is 125 Å². The molecule has 98 valence electrons. The SMILES string of the molecule is Oc1ccc(Br)cc1C=Cc1ccc2ccccc2n1. The number of halogens is 1. The first-order valence-electron chi connectivity index (χ1n) is 6.25. The van der Waals surface area contributed by atoms with Gasteiger partial charge in [0.15, 0.2) is 0 Å². The third kappa shape index (κ3) is 2.73. The Bertz CT molecular complexity index is 796. The van der Waals surface area contributed by atoms with Crippen LogP contribution in [-0.2, 0) is 0 Å². The molecule has 0 amide bonds. The second-order valence-electron chi connectivity index (χ2n) is 4.47. The molecule has 0 atom stereocenters. The molecule has 0 radical (unpaired) electrons. The summed E-state index contributed by atoms with van der Waals surface area (Å²) in [4.78, 5) is 4.56. The van der Waals surface area contributed by atoms with Crippen LogP contribution in [0.2, 0.25) is 0 Å². The molecule has 0 saturated carbocycles. The summed E-state index contributed by atoms with van der Waals surface area (Å²) in [7, 11) is 0. The zero-order valence-corrected chi connectivity index (χ0v) is 12.2. The molecular weight excluding hydrogens is 314 g/mol. The van der Waals surface area contributed by atoms with Crippen LogP contribution in [0.1, 0.15) is 11.3 Å². The molecule has 0 saturated heterocycles. The van der Waals surface area contributed by atoms with Crippen molar-refractivity contribution in [2.24, 2.45) is 0 Å². The second kappa shape index (κ2) is 5.47. The lowest BCUT2D eigenvalue weighted by atomic mass is 10.1. The molecular formula is C17H12BrNO. The van der Waals surface area contributed by atoms with Gasteiger partial charge < -0.3 is 5.11 Å². The molecule has 3 aromatic rings. The van der Waals surface area contributed by atoms with E-state index in [9.17, 15) is 5.11 Å². The predicted octanol–water partition coefficient (Wildman–Crippen LogP) is 4.87. The number of hydrogen-bond acceptors (Lipinski definition) is 2. The summed E-state index contributed by atoms with van der Waals surface area (Å²) in [5.41, 5.74) is 2.59. The highest BCUT2D eigenvalue weighted by molar-refractivity contribution is 9.10. The maximum absolute atomic E-state index is 9.79. The minimum Gasteiger partial charge on any atom is -0.507 e. The Morgan fingerprint density at radius 2 is 1.80 bits per heavy atom. The number of phenolic OH excluding ortho intramolecular Hbond substituents is 1. The van der Waals surface area contributed by atoms with Crippen molar-refractivity contribution in [1.29, 1.82) is 0 Å². The van der Waals surface area contributed by atoms with Crippen molar-refractivity contribution in [3.05, 3.63) is 70.3 Å². The lowest BCUT2D eigenvalue weighted by Gasteiger charge is -2.01.